The van der Waals surface area contributed by atoms with Crippen molar-refractivity contribution in [3.8, 4) is 11.5 Å². The Morgan fingerprint density at radius 2 is 1.83 bits per heavy atom. The van der Waals surface area contributed by atoms with Crippen molar-refractivity contribution in [2.45, 2.75) is 25.6 Å². The fourth-order valence-electron chi connectivity index (χ4n) is 3.61. The first-order valence-electron chi connectivity index (χ1n) is 9.83. The lowest BCUT2D eigenvalue weighted by Crippen LogP contribution is -2.33. The number of benzene rings is 3. The molecule has 2 N–H and O–H groups in total. The van der Waals surface area contributed by atoms with Gasteiger partial charge in [0, 0.05) is 28.8 Å². The first-order chi connectivity index (χ1) is 14.5. The summed E-state index contributed by atoms with van der Waals surface area (Å²) < 4.78 is 19.0. The molecule has 0 aliphatic carbocycles. The lowest BCUT2D eigenvalue weighted by Gasteiger charge is -2.31. The van der Waals surface area contributed by atoms with Crippen LogP contribution < -0.4 is 10.1 Å². The topological polar surface area (TPSA) is 53.8 Å². The molecule has 1 aliphatic rings. The van der Waals surface area contributed by atoms with Crippen molar-refractivity contribution in [1.29, 1.82) is 0 Å². The molecule has 4 rings (SSSR count). The fraction of sp³-hybridized carbons (Fsp3) is 0.208. The highest BCUT2D eigenvalue weighted by atomic mass is 35.5. The molecule has 3 aromatic carbocycles. The van der Waals surface area contributed by atoms with Crippen molar-refractivity contribution in [1.82, 2.24) is 5.32 Å². The summed E-state index contributed by atoms with van der Waals surface area (Å²) in [5, 5.41) is 14.4. The third-order valence-electron chi connectivity index (χ3n) is 5.09. The molecule has 0 unspecified atom stereocenters. The number of rotatable bonds is 5. The second-order valence-corrected chi connectivity index (χ2v) is 7.55. The van der Waals surface area contributed by atoms with Gasteiger partial charge in [-0.15, -0.1) is 0 Å². The van der Waals surface area contributed by atoms with E-state index in [2.05, 4.69) is 5.32 Å². The SMILES string of the molecule is CCOc1ccc(C2=N[C@H](c3ccc(F)cc3)N[C@@H](c3cc(Cl)ccc3O)C2)cc1. The zero-order valence-electron chi connectivity index (χ0n) is 16.5. The fourth-order valence-corrected chi connectivity index (χ4v) is 3.79. The summed E-state index contributed by atoms with van der Waals surface area (Å²) in [5.74, 6) is 0.673. The Bertz CT molecular complexity index is 1050. The summed E-state index contributed by atoms with van der Waals surface area (Å²) in [7, 11) is 0. The number of nitrogens with one attached hydrogen (secondary N) is 1. The van der Waals surface area contributed by atoms with Crippen LogP contribution in [0.15, 0.2) is 71.7 Å². The van der Waals surface area contributed by atoms with E-state index in [4.69, 9.17) is 21.3 Å². The van der Waals surface area contributed by atoms with E-state index in [1.54, 1.807) is 30.3 Å². The van der Waals surface area contributed by atoms with Gasteiger partial charge in [-0.2, -0.15) is 0 Å². The molecular weight excluding hydrogens is 403 g/mol. The Morgan fingerprint density at radius 3 is 2.53 bits per heavy atom. The average molecular weight is 425 g/mol. The van der Waals surface area contributed by atoms with Crippen LogP contribution in [-0.4, -0.2) is 17.4 Å². The average Bonchev–Trinajstić information content (AvgIpc) is 2.76. The van der Waals surface area contributed by atoms with E-state index in [0.717, 1.165) is 22.6 Å². The molecule has 0 aromatic heterocycles. The summed E-state index contributed by atoms with van der Waals surface area (Å²) in [6, 6.07) is 18.9. The van der Waals surface area contributed by atoms with Gasteiger partial charge >= 0.3 is 0 Å². The normalized spacial score (nSPS) is 18.7. The van der Waals surface area contributed by atoms with Gasteiger partial charge in [-0.05, 0) is 72.6 Å². The first kappa shape index (κ1) is 20.4. The van der Waals surface area contributed by atoms with E-state index in [1.807, 2.05) is 31.2 Å². The molecule has 154 valence electrons. The number of aliphatic imine (C=N–C) groups is 1. The van der Waals surface area contributed by atoms with Crippen LogP contribution in [0.1, 0.15) is 42.2 Å². The Balaban J connectivity index is 1.72. The van der Waals surface area contributed by atoms with Gasteiger partial charge in [0.05, 0.1) is 6.61 Å². The molecular formula is C24H22ClFN2O2. The first-order valence-corrected chi connectivity index (χ1v) is 10.2. The smallest absolute Gasteiger partial charge is 0.126 e. The van der Waals surface area contributed by atoms with Gasteiger partial charge in [-0.25, -0.2) is 4.39 Å². The molecule has 2 atom stereocenters. The van der Waals surface area contributed by atoms with Crippen LogP contribution in [0.3, 0.4) is 0 Å². The van der Waals surface area contributed by atoms with Crippen molar-refractivity contribution in [2.24, 2.45) is 4.99 Å². The summed E-state index contributed by atoms with van der Waals surface area (Å²) in [5.41, 5.74) is 3.40. The van der Waals surface area contributed by atoms with Crippen LogP contribution in [-0.2, 0) is 0 Å². The number of phenols is 1. The maximum atomic E-state index is 13.4. The predicted octanol–water partition coefficient (Wildman–Crippen LogP) is 5.81. The maximum Gasteiger partial charge on any atom is 0.126 e. The van der Waals surface area contributed by atoms with Crippen molar-refractivity contribution >= 4 is 17.3 Å². The monoisotopic (exact) mass is 424 g/mol. The molecule has 6 heteroatoms. The summed E-state index contributed by atoms with van der Waals surface area (Å²) in [6.07, 6.45) is 0.184. The highest BCUT2D eigenvalue weighted by Gasteiger charge is 2.28. The van der Waals surface area contributed by atoms with E-state index < -0.39 is 0 Å². The number of aromatic hydroxyl groups is 1. The van der Waals surface area contributed by atoms with Gasteiger partial charge in [0.1, 0.15) is 23.5 Å². The van der Waals surface area contributed by atoms with Crippen LogP contribution >= 0.6 is 11.6 Å². The summed E-state index contributed by atoms with van der Waals surface area (Å²) in [6.45, 7) is 2.55. The molecule has 1 heterocycles. The van der Waals surface area contributed by atoms with E-state index in [0.29, 0.717) is 23.6 Å². The Labute approximate surface area is 180 Å². The largest absolute Gasteiger partial charge is 0.508 e. The molecule has 0 saturated heterocycles. The number of phenolic OH excluding ortho intramolecular Hbond substituents is 1. The van der Waals surface area contributed by atoms with Gasteiger partial charge in [-0.3, -0.25) is 10.3 Å². The zero-order valence-corrected chi connectivity index (χ0v) is 17.2. The van der Waals surface area contributed by atoms with Gasteiger partial charge in [0.15, 0.2) is 0 Å². The van der Waals surface area contributed by atoms with Gasteiger partial charge in [0.2, 0.25) is 0 Å². The molecule has 1 aliphatic heterocycles. The standard InChI is InChI=1S/C24H22ClFN2O2/c1-2-30-19-10-5-15(6-11-19)21-14-22(20-13-17(25)7-12-23(20)29)28-24(27-21)16-3-8-18(26)9-4-16/h3-13,22,24,28-29H,2,14H2,1H3/t22-,24+/m1/s1. The minimum Gasteiger partial charge on any atom is -0.508 e. The van der Waals surface area contributed by atoms with E-state index >= 15 is 0 Å². The van der Waals surface area contributed by atoms with E-state index in [9.17, 15) is 9.50 Å². The maximum absolute atomic E-state index is 13.4. The van der Waals surface area contributed by atoms with Crippen molar-refractivity contribution in [2.75, 3.05) is 6.61 Å². The Kier molecular flexibility index (Phi) is 6.02. The number of hydrogen-bond donors (Lipinski definition) is 2. The Morgan fingerprint density at radius 1 is 1.10 bits per heavy atom. The molecule has 0 amide bonds. The number of hydrogen-bond acceptors (Lipinski definition) is 4. The third kappa shape index (κ3) is 4.48. The van der Waals surface area contributed by atoms with Crippen LogP contribution in [0.25, 0.3) is 0 Å². The molecule has 0 fully saturated rings. The zero-order chi connectivity index (χ0) is 21.1. The molecule has 30 heavy (non-hydrogen) atoms. The van der Waals surface area contributed by atoms with Crippen molar-refractivity contribution in [3.63, 3.8) is 0 Å². The lowest BCUT2D eigenvalue weighted by molar-refractivity contribution is 0.340. The molecule has 3 aromatic rings. The number of nitrogens with zero attached hydrogens (tertiary/aromatic N) is 1. The van der Waals surface area contributed by atoms with E-state index in [-0.39, 0.29) is 23.8 Å². The van der Waals surface area contributed by atoms with Crippen LogP contribution in [0.4, 0.5) is 4.39 Å². The molecule has 0 spiro atoms. The number of ether oxygens (including phenoxy) is 1. The summed E-state index contributed by atoms with van der Waals surface area (Å²) in [4.78, 5) is 4.88. The molecule has 0 saturated carbocycles. The van der Waals surface area contributed by atoms with Gasteiger partial charge in [-0.1, -0.05) is 23.7 Å². The second-order valence-electron chi connectivity index (χ2n) is 7.11. The third-order valence-corrected chi connectivity index (χ3v) is 5.33. The Hall–Kier alpha value is -2.89. The second kappa shape index (κ2) is 8.86. The lowest BCUT2D eigenvalue weighted by atomic mass is 9.93. The van der Waals surface area contributed by atoms with Crippen LogP contribution in [0.2, 0.25) is 5.02 Å². The number of halogens is 2. The minimum atomic E-state index is -0.385. The van der Waals surface area contributed by atoms with Crippen molar-refractivity contribution in [3.05, 3.63) is 94.3 Å². The van der Waals surface area contributed by atoms with Crippen LogP contribution in [0.5, 0.6) is 11.5 Å². The summed E-state index contributed by atoms with van der Waals surface area (Å²) >= 11 is 6.18. The van der Waals surface area contributed by atoms with Gasteiger partial charge in [0.25, 0.3) is 0 Å². The highest BCUT2D eigenvalue weighted by Crippen LogP contribution is 2.36. The molecule has 4 nitrogen and oxygen atoms in total. The van der Waals surface area contributed by atoms with Crippen molar-refractivity contribution < 1.29 is 14.2 Å². The van der Waals surface area contributed by atoms with Crippen LogP contribution in [0, 0.1) is 5.82 Å². The molecule has 0 radical (unpaired) electrons. The minimum absolute atomic E-state index is 0.169. The van der Waals surface area contributed by atoms with E-state index in [1.165, 1.54) is 12.1 Å². The highest BCUT2D eigenvalue weighted by molar-refractivity contribution is 6.30. The predicted molar refractivity (Wildman–Crippen MR) is 117 cm³/mol. The quantitative estimate of drug-likeness (QED) is 0.543. The molecule has 0 bridgehead atoms. The van der Waals surface area contributed by atoms with Gasteiger partial charge < -0.3 is 9.84 Å².